The van der Waals surface area contributed by atoms with Crippen LogP contribution in [0.4, 0.5) is 0 Å². The number of rotatable bonds is 5. The Morgan fingerprint density at radius 1 is 1.18 bits per heavy atom. The lowest BCUT2D eigenvalue weighted by Crippen LogP contribution is -2.39. The molecule has 0 radical (unpaired) electrons. The fourth-order valence-corrected chi connectivity index (χ4v) is 3.80. The molecule has 1 aromatic carbocycles. The lowest BCUT2D eigenvalue weighted by Gasteiger charge is -2.28. The van der Waals surface area contributed by atoms with E-state index in [1.165, 1.54) is 31.2 Å². The minimum Gasteiger partial charge on any atom is -0.356 e. The first-order chi connectivity index (χ1) is 10.2. The number of hydrogen-bond acceptors (Lipinski definition) is 2. The predicted molar refractivity (Wildman–Crippen MR) is 92.7 cm³/mol. The summed E-state index contributed by atoms with van der Waals surface area (Å²) in [6, 6.07) is 9.14. The Morgan fingerprint density at radius 2 is 1.82 bits per heavy atom. The second-order valence-corrected chi connectivity index (χ2v) is 6.84. The zero-order chi connectivity index (χ0) is 14.7. The zero-order valence-corrected chi connectivity index (χ0v) is 14.3. The molecule has 0 aliphatic carbocycles. The molecular weight excluding hydrogens is 319 g/mol. The van der Waals surface area contributed by atoms with Crippen LogP contribution in [0.25, 0.3) is 0 Å². The van der Waals surface area contributed by atoms with Crippen molar-refractivity contribution in [1.29, 1.82) is 0 Å². The summed E-state index contributed by atoms with van der Waals surface area (Å²) in [6.07, 6.45) is 6.47. The molecule has 1 aromatic rings. The van der Waals surface area contributed by atoms with E-state index in [4.69, 9.17) is 11.6 Å². The van der Waals surface area contributed by atoms with Gasteiger partial charge in [0.25, 0.3) is 0 Å². The third-order valence-electron chi connectivity index (χ3n) is 4.69. The van der Waals surface area contributed by atoms with Gasteiger partial charge >= 0.3 is 0 Å². The second kappa shape index (κ2) is 8.19. The molecule has 2 heterocycles. The Balaban J connectivity index is 0.00000176. The molecule has 2 atom stereocenters. The highest BCUT2D eigenvalue weighted by molar-refractivity contribution is 6.30. The van der Waals surface area contributed by atoms with E-state index in [2.05, 4.69) is 10.6 Å². The molecule has 5 heteroatoms. The summed E-state index contributed by atoms with van der Waals surface area (Å²) in [5, 5.41) is 7.42. The van der Waals surface area contributed by atoms with E-state index in [1.807, 2.05) is 24.3 Å². The van der Waals surface area contributed by atoms with Gasteiger partial charge in [0.1, 0.15) is 0 Å². The topological polar surface area (TPSA) is 41.1 Å². The molecular formula is C17H24Cl2N2O. The summed E-state index contributed by atoms with van der Waals surface area (Å²) in [7, 11) is 0. The maximum absolute atomic E-state index is 12.0. The average molecular weight is 343 g/mol. The quantitative estimate of drug-likeness (QED) is 0.861. The molecule has 0 spiro atoms. The normalized spacial score (nSPS) is 26.3. The molecule has 2 saturated heterocycles. The summed E-state index contributed by atoms with van der Waals surface area (Å²) in [5.74, 6) is 0.773. The van der Waals surface area contributed by atoms with Crippen molar-refractivity contribution in [2.24, 2.45) is 5.92 Å². The summed E-state index contributed by atoms with van der Waals surface area (Å²) in [4.78, 5) is 12.0. The number of amides is 1. The van der Waals surface area contributed by atoms with Crippen molar-refractivity contribution < 1.29 is 4.79 Å². The van der Waals surface area contributed by atoms with Crippen molar-refractivity contribution in [3.8, 4) is 0 Å². The Labute approximate surface area is 143 Å². The summed E-state index contributed by atoms with van der Waals surface area (Å²) in [5.41, 5.74) is 1.21. The smallest absolute Gasteiger partial charge is 0.220 e. The molecule has 0 aromatic heterocycles. The van der Waals surface area contributed by atoms with Crippen LogP contribution in [0.5, 0.6) is 0 Å². The van der Waals surface area contributed by atoms with Crippen LogP contribution in [-0.2, 0) is 11.2 Å². The molecule has 2 N–H and O–H groups in total. The highest BCUT2D eigenvalue weighted by Gasteiger charge is 2.33. The first kappa shape index (κ1) is 17.6. The third kappa shape index (κ3) is 4.87. The fourth-order valence-electron chi connectivity index (χ4n) is 3.67. The summed E-state index contributed by atoms with van der Waals surface area (Å²) < 4.78 is 0. The number of carbonyl (C=O) groups is 1. The van der Waals surface area contributed by atoms with Crippen LogP contribution >= 0.6 is 24.0 Å². The van der Waals surface area contributed by atoms with Gasteiger partial charge in [-0.15, -0.1) is 12.4 Å². The number of benzene rings is 1. The zero-order valence-electron chi connectivity index (χ0n) is 12.7. The molecule has 3 nitrogen and oxygen atoms in total. The highest BCUT2D eigenvalue weighted by Crippen LogP contribution is 2.32. The average Bonchev–Trinajstić information content (AvgIpc) is 2.80. The van der Waals surface area contributed by atoms with Gasteiger partial charge in [0, 0.05) is 30.1 Å². The van der Waals surface area contributed by atoms with Gasteiger partial charge in [0.15, 0.2) is 0 Å². The monoisotopic (exact) mass is 342 g/mol. The van der Waals surface area contributed by atoms with Crippen LogP contribution in [0, 0.1) is 5.92 Å². The summed E-state index contributed by atoms with van der Waals surface area (Å²) in [6.45, 7) is 0.707. The van der Waals surface area contributed by atoms with Crippen molar-refractivity contribution >= 4 is 29.9 Å². The first-order valence-corrected chi connectivity index (χ1v) is 8.34. The molecule has 2 aliphatic rings. The van der Waals surface area contributed by atoms with Crippen molar-refractivity contribution in [3.05, 3.63) is 34.9 Å². The SMILES string of the molecule is Cl.O=C(CC1CC2CCC(C1)N2)NCCc1ccc(Cl)cc1. The minimum atomic E-state index is 0. The van der Waals surface area contributed by atoms with Gasteiger partial charge in [0.05, 0.1) is 0 Å². The van der Waals surface area contributed by atoms with Crippen LogP contribution in [-0.4, -0.2) is 24.5 Å². The number of carbonyl (C=O) groups excluding carboxylic acids is 1. The van der Waals surface area contributed by atoms with Crippen LogP contribution in [0.1, 0.15) is 37.7 Å². The number of nitrogens with one attached hydrogen (secondary N) is 2. The molecule has 2 bridgehead atoms. The van der Waals surface area contributed by atoms with E-state index in [0.717, 1.165) is 11.4 Å². The van der Waals surface area contributed by atoms with E-state index in [-0.39, 0.29) is 18.3 Å². The number of hydrogen-bond donors (Lipinski definition) is 2. The fraction of sp³-hybridized carbons (Fsp3) is 0.588. The van der Waals surface area contributed by atoms with Gasteiger partial charge < -0.3 is 10.6 Å². The largest absolute Gasteiger partial charge is 0.356 e. The van der Waals surface area contributed by atoms with Crippen molar-refractivity contribution in [2.45, 2.75) is 50.6 Å². The Morgan fingerprint density at radius 3 is 2.45 bits per heavy atom. The number of fused-ring (bicyclic) bond motifs is 2. The Kier molecular flexibility index (Phi) is 6.54. The Hall–Kier alpha value is -0.770. The van der Waals surface area contributed by atoms with Gasteiger partial charge in [-0.25, -0.2) is 0 Å². The van der Waals surface area contributed by atoms with Gasteiger partial charge in [0.2, 0.25) is 5.91 Å². The van der Waals surface area contributed by atoms with Crippen LogP contribution in [0.15, 0.2) is 24.3 Å². The van der Waals surface area contributed by atoms with Crippen molar-refractivity contribution in [1.82, 2.24) is 10.6 Å². The van der Waals surface area contributed by atoms with E-state index in [0.29, 0.717) is 31.0 Å². The maximum Gasteiger partial charge on any atom is 0.220 e. The number of halogens is 2. The summed E-state index contributed by atoms with van der Waals surface area (Å²) >= 11 is 5.86. The second-order valence-electron chi connectivity index (χ2n) is 6.41. The van der Waals surface area contributed by atoms with E-state index in [1.54, 1.807) is 0 Å². The molecule has 122 valence electrons. The lowest BCUT2D eigenvalue weighted by molar-refractivity contribution is -0.122. The van der Waals surface area contributed by atoms with Gasteiger partial charge in [-0.1, -0.05) is 23.7 Å². The molecule has 3 rings (SSSR count). The molecule has 1 amide bonds. The lowest BCUT2D eigenvalue weighted by atomic mass is 9.89. The molecule has 2 aliphatic heterocycles. The van der Waals surface area contributed by atoms with Crippen LogP contribution in [0.3, 0.4) is 0 Å². The predicted octanol–water partition coefficient (Wildman–Crippen LogP) is 3.34. The number of piperidine rings is 1. The van der Waals surface area contributed by atoms with Gasteiger partial charge in [-0.3, -0.25) is 4.79 Å². The van der Waals surface area contributed by atoms with E-state index in [9.17, 15) is 4.79 Å². The third-order valence-corrected chi connectivity index (χ3v) is 4.95. The van der Waals surface area contributed by atoms with Crippen molar-refractivity contribution in [2.75, 3.05) is 6.54 Å². The molecule has 2 unspecified atom stereocenters. The molecule has 22 heavy (non-hydrogen) atoms. The van der Waals surface area contributed by atoms with Crippen molar-refractivity contribution in [3.63, 3.8) is 0 Å². The highest BCUT2D eigenvalue weighted by atomic mass is 35.5. The minimum absolute atomic E-state index is 0. The van der Waals surface area contributed by atoms with Gasteiger partial charge in [-0.05, 0) is 55.7 Å². The molecule has 2 fully saturated rings. The standard InChI is InChI=1S/C17H23ClN2O.ClH/c18-14-3-1-12(2-4-14)7-8-19-17(21)11-13-9-15-5-6-16(10-13)20-15;/h1-4,13,15-16,20H,5-11H2,(H,19,21);1H. The first-order valence-electron chi connectivity index (χ1n) is 7.96. The Bertz CT molecular complexity index is 480. The van der Waals surface area contributed by atoms with E-state index < -0.39 is 0 Å². The van der Waals surface area contributed by atoms with E-state index >= 15 is 0 Å². The maximum atomic E-state index is 12.0. The van der Waals surface area contributed by atoms with Crippen LogP contribution in [0.2, 0.25) is 5.02 Å². The van der Waals surface area contributed by atoms with Crippen LogP contribution < -0.4 is 10.6 Å². The molecule has 0 saturated carbocycles. The van der Waals surface area contributed by atoms with Gasteiger partial charge in [-0.2, -0.15) is 0 Å².